The third-order valence-corrected chi connectivity index (χ3v) is 3.63. The van der Waals surface area contributed by atoms with Crippen LogP contribution in [0.1, 0.15) is 45.3 Å². The van der Waals surface area contributed by atoms with E-state index in [9.17, 15) is 0 Å². The van der Waals surface area contributed by atoms with E-state index in [4.69, 9.17) is 0 Å². The van der Waals surface area contributed by atoms with Crippen molar-refractivity contribution in [2.75, 3.05) is 19.6 Å². The first-order valence-corrected chi connectivity index (χ1v) is 7.18. The lowest BCUT2D eigenvalue weighted by atomic mass is 10.2. The fourth-order valence-corrected chi connectivity index (χ4v) is 2.47. The SMILES string of the molecule is CCC1CN(Cc2ccn(C(C)C)n2)CCCN1. The number of rotatable bonds is 4. The van der Waals surface area contributed by atoms with Gasteiger partial charge in [0.15, 0.2) is 0 Å². The van der Waals surface area contributed by atoms with Gasteiger partial charge in [0.25, 0.3) is 0 Å². The summed E-state index contributed by atoms with van der Waals surface area (Å²) in [4.78, 5) is 2.53. The maximum absolute atomic E-state index is 4.64. The van der Waals surface area contributed by atoms with Crippen LogP contribution in [-0.2, 0) is 6.54 Å². The quantitative estimate of drug-likeness (QED) is 0.887. The number of hydrogen-bond acceptors (Lipinski definition) is 3. The fourth-order valence-electron chi connectivity index (χ4n) is 2.47. The molecule has 1 atom stereocenters. The van der Waals surface area contributed by atoms with E-state index in [0.29, 0.717) is 12.1 Å². The molecule has 1 aliphatic rings. The van der Waals surface area contributed by atoms with E-state index in [1.807, 2.05) is 4.68 Å². The lowest BCUT2D eigenvalue weighted by Gasteiger charge is -2.22. The van der Waals surface area contributed by atoms with Crippen LogP contribution in [-0.4, -0.2) is 40.4 Å². The highest BCUT2D eigenvalue weighted by Gasteiger charge is 2.17. The molecule has 1 aromatic rings. The highest BCUT2D eigenvalue weighted by atomic mass is 15.3. The molecule has 0 aromatic carbocycles. The molecule has 0 radical (unpaired) electrons. The van der Waals surface area contributed by atoms with Gasteiger partial charge >= 0.3 is 0 Å². The normalized spacial score (nSPS) is 22.3. The smallest absolute Gasteiger partial charge is 0.0764 e. The van der Waals surface area contributed by atoms with Crippen LogP contribution in [0.25, 0.3) is 0 Å². The summed E-state index contributed by atoms with van der Waals surface area (Å²) in [6.45, 7) is 11.0. The molecular weight excluding hydrogens is 224 g/mol. The van der Waals surface area contributed by atoms with Gasteiger partial charge in [-0.2, -0.15) is 5.10 Å². The summed E-state index contributed by atoms with van der Waals surface area (Å²) in [5.74, 6) is 0. The predicted octanol–water partition coefficient (Wildman–Crippen LogP) is 2.04. The molecule has 1 unspecified atom stereocenters. The van der Waals surface area contributed by atoms with Crippen molar-refractivity contribution in [3.8, 4) is 0 Å². The van der Waals surface area contributed by atoms with Crippen molar-refractivity contribution in [2.24, 2.45) is 0 Å². The molecule has 0 amide bonds. The molecule has 2 heterocycles. The maximum Gasteiger partial charge on any atom is 0.0764 e. The van der Waals surface area contributed by atoms with Crippen molar-refractivity contribution < 1.29 is 0 Å². The summed E-state index contributed by atoms with van der Waals surface area (Å²) in [6, 6.07) is 3.24. The summed E-state index contributed by atoms with van der Waals surface area (Å²) < 4.78 is 2.04. The van der Waals surface area contributed by atoms with Gasteiger partial charge in [-0.05, 0) is 45.8 Å². The second-order valence-electron chi connectivity index (χ2n) is 5.53. The fraction of sp³-hybridized carbons (Fsp3) is 0.786. The Balaban J connectivity index is 1.94. The van der Waals surface area contributed by atoms with Crippen LogP contribution in [0.2, 0.25) is 0 Å². The molecule has 1 aromatic heterocycles. The number of nitrogens with one attached hydrogen (secondary N) is 1. The highest BCUT2D eigenvalue weighted by molar-refractivity contribution is 5.00. The average Bonchev–Trinajstić information content (AvgIpc) is 2.69. The zero-order chi connectivity index (χ0) is 13.0. The van der Waals surface area contributed by atoms with Gasteiger partial charge in [0.2, 0.25) is 0 Å². The zero-order valence-electron chi connectivity index (χ0n) is 11.9. The first-order valence-electron chi connectivity index (χ1n) is 7.18. The Morgan fingerprint density at radius 2 is 2.33 bits per heavy atom. The van der Waals surface area contributed by atoms with Crippen LogP contribution in [0.5, 0.6) is 0 Å². The Bertz CT molecular complexity index is 358. The van der Waals surface area contributed by atoms with Crippen LogP contribution < -0.4 is 5.32 Å². The molecule has 102 valence electrons. The van der Waals surface area contributed by atoms with E-state index in [1.54, 1.807) is 0 Å². The van der Waals surface area contributed by atoms with E-state index < -0.39 is 0 Å². The minimum atomic E-state index is 0.452. The van der Waals surface area contributed by atoms with Crippen LogP contribution in [0.3, 0.4) is 0 Å². The van der Waals surface area contributed by atoms with Crippen molar-refractivity contribution in [1.29, 1.82) is 0 Å². The Labute approximate surface area is 110 Å². The molecule has 0 bridgehead atoms. The molecule has 1 saturated heterocycles. The van der Waals surface area contributed by atoms with Crippen LogP contribution in [0.4, 0.5) is 0 Å². The molecular formula is C14H26N4. The zero-order valence-corrected chi connectivity index (χ0v) is 11.9. The standard InChI is InChI=1S/C14H26N4/c1-4-13-10-17(8-5-7-15-13)11-14-6-9-18(16-14)12(2)3/h6,9,12-13,15H,4-5,7-8,10-11H2,1-3H3. The number of hydrogen-bond donors (Lipinski definition) is 1. The van der Waals surface area contributed by atoms with Gasteiger partial charge < -0.3 is 5.32 Å². The Kier molecular flexibility index (Phi) is 4.78. The van der Waals surface area contributed by atoms with Gasteiger partial charge in [-0.3, -0.25) is 9.58 Å². The molecule has 2 rings (SSSR count). The minimum absolute atomic E-state index is 0.452. The topological polar surface area (TPSA) is 33.1 Å². The second kappa shape index (κ2) is 6.34. The first-order chi connectivity index (χ1) is 8.69. The molecule has 0 spiro atoms. The van der Waals surface area contributed by atoms with Gasteiger partial charge in [0, 0.05) is 31.4 Å². The van der Waals surface area contributed by atoms with Crippen LogP contribution in [0.15, 0.2) is 12.3 Å². The van der Waals surface area contributed by atoms with Gasteiger partial charge in [0.1, 0.15) is 0 Å². The van der Waals surface area contributed by atoms with Crippen LogP contribution in [0, 0.1) is 0 Å². The Morgan fingerprint density at radius 3 is 3.00 bits per heavy atom. The molecule has 4 nitrogen and oxygen atoms in total. The van der Waals surface area contributed by atoms with Gasteiger partial charge in [0.05, 0.1) is 5.69 Å². The lowest BCUT2D eigenvalue weighted by molar-refractivity contribution is 0.253. The Hall–Kier alpha value is -0.870. The first kappa shape index (κ1) is 13.6. The van der Waals surface area contributed by atoms with E-state index in [0.717, 1.165) is 19.6 Å². The Morgan fingerprint density at radius 1 is 1.50 bits per heavy atom. The van der Waals surface area contributed by atoms with Gasteiger partial charge in [-0.25, -0.2) is 0 Å². The predicted molar refractivity (Wildman–Crippen MR) is 74.6 cm³/mol. The molecule has 1 N–H and O–H groups in total. The summed E-state index contributed by atoms with van der Waals surface area (Å²) in [5.41, 5.74) is 1.19. The largest absolute Gasteiger partial charge is 0.313 e. The van der Waals surface area contributed by atoms with Crippen molar-refractivity contribution in [1.82, 2.24) is 20.0 Å². The summed E-state index contributed by atoms with van der Waals surface area (Å²) >= 11 is 0. The number of aromatic nitrogens is 2. The number of nitrogens with zero attached hydrogens (tertiary/aromatic N) is 3. The summed E-state index contributed by atoms with van der Waals surface area (Å²) in [5, 5.41) is 8.24. The molecule has 1 fully saturated rings. The van der Waals surface area contributed by atoms with Crippen LogP contribution >= 0.6 is 0 Å². The summed E-state index contributed by atoms with van der Waals surface area (Å²) in [7, 11) is 0. The van der Waals surface area contributed by atoms with Crippen molar-refractivity contribution in [2.45, 2.75) is 52.2 Å². The maximum atomic E-state index is 4.64. The van der Waals surface area contributed by atoms with Crippen molar-refractivity contribution in [3.05, 3.63) is 18.0 Å². The van der Waals surface area contributed by atoms with Gasteiger partial charge in [-0.15, -0.1) is 0 Å². The molecule has 18 heavy (non-hydrogen) atoms. The third kappa shape index (κ3) is 3.56. The lowest BCUT2D eigenvalue weighted by Crippen LogP contribution is -2.36. The molecule has 0 aliphatic carbocycles. The van der Waals surface area contributed by atoms with E-state index in [2.05, 4.69) is 48.3 Å². The van der Waals surface area contributed by atoms with Crippen molar-refractivity contribution in [3.63, 3.8) is 0 Å². The second-order valence-corrected chi connectivity index (χ2v) is 5.53. The average molecular weight is 250 g/mol. The van der Waals surface area contributed by atoms with E-state index in [1.165, 1.54) is 25.1 Å². The third-order valence-electron chi connectivity index (χ3n) is 3.63. The van der Waals surface area contributed by atoms with Crippen molar-refractivity contribution >= 4 is 0 Å². The molecule has 4 heteroatoms. The minimum Gasteiger partial charge on any atom is -0.313 e. The van der Waals surface area contributed by atoms with E-state index in [-0.39, 0.29) is 0 Å². The monoisotopic (exact) mass is 250 g/mol. The summed E-state index contributed by atoms with van der Waals surface area (Å²) in [6.07, 6.45) is 4.53. The highest BCUT2D eigenvalue weighted by Crippen LogP contribution is 2.10. The molecule has 1 aliphatic heterocycles. The van der Waals surface area contributed by atoms with E-state index >= 15 is 0 Å². The van der Waals surface area contributed by atoms with Gasteiger partial charge in [-0.1, -0.05) is 6.92 Å². The molecule has 0 saturated carbocycles.